The first-order valence-corrected chi connectivity index (χ1v) is 7.13. The molecule has 2 aromatic carbocycles. The van der Waals surface area contributed by atoms with Crippen LogP contribution in [0.2, 0.25) is 0 Å². The van der Waals surface area contributed by atoms with Crippen molar-refractivity contribution in [3.8, 4) is 0 Å². The van der Waals surface area contributed by atoms with Gasteiger partial charge in [0.05, 0.1) is 6.61 Å². The first-order valence-electron chi connectivity index (χ1n) is 7.13. The summed E-state index contributed by atoms with van der Waals surface area (Å²) in [5.74, 6) is -0.0367. The summed E-state index contributed by atoms with van der Waals surface area (Å²) in [6.45, 7) is 4.76. The minimum atomic E-state index is -0.0382. The molecule has 2 aromatic rings. The highest BCUT2D eigenvalue weighted by Crippen LogP contribution is 2.15. The predicted octanol–water partition coefficient (Wildman–Crippen LogP) is 2.94. The maximum atomic E-state index is 12.7. The number of carbonyl (C=O) groups excluding carboxylic acids is 1. The van der Waals surface area contributed by atoms with Crippen LogP contribution in [0.4, 0.5) is 0 Å². The van der Waals surface area contributed by atoms with Crippen molar-refractivity contribution in [1.29, 1.82) is 0 Å². The molecule has 0 fully saturated rings. The molecule has 3 heteroatoms. The average molecular weight is 283 g/mol. The van der Waals surface area contributed by atoms with Gasteiger partial charge in [-0.2, -0.15) is 0 Å². The molecule has 0 aliphatic heterocycles. The van der Waals surface area contributed by atoms with Crippen LogP contribution in [0.5, 0.6) is 0 Å². The molecule has 0 aliphatic rings. The summed E-state index contributed by atoms with van der Waals surface area (Å²) in [4.78, 5) is 14.4. The molecule has 0 saturated heterocycles. The Bertz CT molecular complexity index is 608. The zero-order chi connectivity index (χ0) is 15.2. The largest absolute Gasteiger partial charge is 0.395 e. The summed E-state index contributed by atoms with van der Waals surface area (Å²) in [6.07, 6.45) is 0. The second kappa shape index (κ2) is 7.04. The van der Waals surface area contributed by atoms with E-state index in [2.05, 4.69) is 0 Å². The van der Waals surface area contributed by atoms with Gasteiger partial charge in [-0.1, -0.05) is 48.0 Å². The molecule has 0 aromatic heterocycles. The Morgan fingerprint density at radius 3 is 2.43 bits per heavy atom. The molecule has 2 rings (SSSR count). The van der Waals surface area contributed by atoms with Crippen LogP contribution in [0, 0.1) is 13.8 Å². The van der Waals surface area contributed by atoms with Gasteiger partial charge in [0.1, 0.15) is 0 Å². The van der Waals surface area contributed by atoms with E-state index in [0.29, 0.717) is 18.7 Å². The molecule has 0 aliphatic carbocycles. The smallest absolute Gasteiger partial charge is 0.254 e. The van der Waals surface area contributed by atoms with Gasteiger partial charge in [0, 0.05) is 18.7 Å². The van der Waals surface area contributed by atoms with Crippen molar-refractivity contribution < 1.29 is 9.90 Å². The molecule has 0 bridgehead atoms. The zero-order valence-electron chi connectivity index (χ0n) is 12.5. The van der Waals surface area contributed by atoms with Gasteiger partial charge in [0.2, 0.25) is 0 Å². The molecule has 21 heavy (non-hydrogen) atoms. The summed E-state index contributed by atoms with van der Waals surface area (Å²) in [5, 5.41) is 9.23. The average Bonchev–Trinajstić information content (AvgIpc) is 2.47. The van der Waals surface area contributed by atoms with Crippen LogP contribution in [-0.4, -0.2) is 29.1 Å². The lowest BCUT2D eigenvalue weighted by molar-refractivity contribution is 0.0707. The molecule has 1 N–H and O–H groups in total. The summed E-state index contributed by atoms with van der Waals surface area (Å²) >= 11 is 0. The zero-order valence-corrected chi connectivity index (χ0v) is 12.5. The van der Waals surface area contributed by atoms with Crippen molar-refractivity contribution in [3.63, 3.8) is 0 Å². The van der Waals surface area contributed by atoms with Gasteiger partial charge < -0.3 is 10.0 Å². The highest BCUT2D eigenvalue weighted by Gasteiger charge is 2.17. The van der Waals surface area contributed by atoms with Crippen molar-refractivity contribution in [2.24, 2.45) is 0 Å². The van der Waals surface area contributed by atoms with Crippen LogP contribution in [0.3, 0.4) is 0 Å². The van der Waals surface area contributed by atoms with E-state index in [4.69, 9.17) is 0 Å². The van der Waals surface area contributed by atoms with E-state index in [-0.39, 0.29) is 12.5 Å². The first-order chi connectivity index (χ1) is 10.1. The third-order valence-corrected chi connectivity index (χ3v) is 3.49. The molecule has 0 unspecified atom stereocenters. The van der Waals surface area contributed by atoms with Crippen molar-refractivity contribution in [2.75, 3.05) is 13.2 Å². The lowest BCUT2D eigenvalue weighted by Gasteiger charge is -2.23. The van der Waals surface area contributed by atoms with Gasteiger partial charge in [0.25, 0.3) is 5.91 Å². The van der Waals surface area contributed by atoms with Gasteiger partial charge in [-0.15, -0.1) is 0 Å². The Labute approximate surface area is 125 Å². The normalized spacial score (nSPS) is 10.4. The summed E-state index contributed by atoms with van der Waals surface area (Å²) in [7, 11) is 0. The third kappa shape index (κ3) is 3.92. The number of amides is 1. The minimum Gasteiger partial charge on any atom is -0.395 e. The van der Waals surface area contributed by atoms with Gasteiger partial charge in [-0.05, 0) is 31.0 Å². The monoisotopic (exact) mass is 283 g/mol. The van der Waals surface area contributed by atoms with Crippen LogP contribution in [0.15, 0.2) is 48.5 Å². The number of hydrogen-bond acceptors (Lipinski definition) is 2. The molecule has 110 valence electrons. The van der Waals surface area contributed by atoms with Crippen molar-refractivity contribution in [3.05, 3.63) is 70.8 Å². The summed E-state index contributed by atoms with van der Waals surface area (Å²) in [5.41, 5.74) is 3.87. The summed E-state index contributed by atoms with van der Waals surface area (Å²) in [6, 6.07) is 15.6. The van der Waals surface area contributed by atoms with Gasteiger partial charge in [-0.3, -0.25) is 4.79 Å². The number of aryl methyl sites for hydroxylation is 2. The third-order valence-electron chi connectivity index (χ3n) is 3.49. The fourth-order valence-electron chi connectivity index (χ4n) is 2.40. The van der Waals surface area contributed by atoms with Gasteiger partial charge in [0.15, 0.2) is 0 Å². The van der Waals surface area contributed by atoms with E-state index in [9.17, 15) is 9.90 Å². The number of hydrogen-bond donors (Lipinski definition) is 1. The Hall–Kier alpha value is -2.13. The highest BCUT2D eigenvalue weighted by atomic mass is 16.3. The molecular weight excluding hydrogens is 262 g/mol. The van der Waals surface area contributed by atoms with Gasteiger partial charge >= 0.3 is 0 Å². The van der Waals surface area contributed by atoms with Crippen molar-refractivity contribution >= 4 is 5.91 Å². The van der Waals surface area contributed by atoms with E-state index in [1.54, 1.807) is 4.90 Å². The van der Waals surface area contributed by atoms with Crippen LogP contribution >= 0.6 is 0 Å². The predicted molar refractivity (Wildman–Crippen MR) is 84.2 cm³/mol. The Morgan fingerprint density at radius 1 is 1.10 bits per heavy atom. The van der Waals surface area contributed by atoms with Crippen molar-refractivity contribution in [1.82, 2.24) is 4.90 Å². The molecular formula is C18H21NO2. The van der Waals surface area contributed by atoms with E-state index in [0.717, 1.165) is 16.7 Å². The second-order valence-corrected chi connectivity index (χ2v) is 5.25. The van der Waals surface area contributed by atoms with Crippen LogP contribution in [-0.2, 0) is 6.54 Å². The number of rotatable bonds is 5. The van der Waals surface area contributed by atoms with E-state index in [1.165, 1.54) is 0 Å². The lowest BCUT2D eigenvalue weighted by Crippen LogP contribution is -2.33. The van der Waals surface area contributed by atoms with Crippen LogP contribution in [0.1, 0.15) is 27.0 Å². The molecule has 0 heterocycles. The van der Waals surface area contributed by atoms with Gasteiger partial charge in [-0.25, -0.2) is 0 Å². The summed E-state index contributed by atoms with van der Waals surface area (Å²) < 4.78 is 0. The Kier molecular flexibility index (Phi) is 5.12. The minimum absolute atomic E-state index is 0.0367. The maximum Gasteiger partial charge on any atom is 0.254 e. The molecule has 0 spiro atoms. The number of carbonyl (C=O) groups is 1. The van der Waals surface area contributed by atoms with E-state index < -0.39 is 0 Å². The number of aliphatic hydroxyl groups excluding tert-OH is 1. The van der Waals surface area contributed by atoms with Crippen molar-refractivity contribution in [2.45, 2.75) is 20.4 Å². The Balaban J connectivity index is 2.23. The topological polar surface area (TPSA) is 40.5 Å². The lowest BCUT2D eigenvalue weighted by atomic mass is 10.0. The number of aliphatic hydroxyl groups is 1. The number of nitrogens with zero attached hydrogens (tertiary/aromatic N) is 1. The first kappa shape index (κ1) is 15.3. The standard InChI is InChI=1S/C18H21NO2/c1-14-8-9-17(15(2)12-14)18(21)19(10-11-20)13-16-6-4-3-5-7-16/h3-9,12,20H,10-11,13H2,1-2H3. The molecule has 0 atom stereocenters. The van der Waals surface area contributed by atoms with E-state index in [1.807, 2.05) is 62.4 Å². The van der Waals surface area contributed by atoms with Crippen LogP contribution in [0.25, 0.3) is 0 Å². The molecule has 1 amide bonds. The second-order valence-electron chi connectivity index (χ2n) is 5.25. The maximum absolute atomic E-state index is 12.7. The van der Waals surface area contributed by atoms with Crippen LogP contribution < -0.4 is 0 Å². The fraction of sp³-hybridized carbons (Fsp3) is 0.278. The quantitative estimate of drug-likeness (QED) is 0.916. The molecule has 0 radical (unpaired) electrons. The molecule has 0 saturated carbocycles. The number of benzene rings is 2. The fourth-order valence-corrected chi connectivity index (χ4v) is 2.40. The SMILES string of the molecule is Cc1ccc(C(=O)N(CCO)Cc2ccccc2)c(C)c1. The Morgan fingerprint density at radius 2 is 1.81 bits per heavy atom. The molecule has 3 nitrogen and oxygen atoms in total. The highest BCUT2D eigenvalue weighted by molar-refractivity contribution is 5.95. The van der Waals surface area contributed by atoms with E-state index >= 15 is 0 Å².